The van der Waals surface area contributed by atoms with Crippen LogP contribution in [0.4, 0.5) is 14.7 Å². The number of allylic oxidation sites excluding steroid dienone is 1. The molecule has 0 aliphatic carbocycles. The minimum Gasteiger partial charge on any atom is -1.00 e. The summed E-state index contributed by atoms with van der Waals surface area (Å²) < 4.78 is 41.0. The molecule has 352 valence electrons. The molecule has 7 aromatic rings. The number of carbonyl (C=O) groups is 1. The highest BCUT2D eigenvalue weighted by atomic mass is 35.5. The molecule has 67 heavy (non-hydrogen) atoms. The van der Waals surface area contributed by atoms with Crippen LogP contribution in [-0.2, 0) is 0 Å². The maximum atomic E-state index is 13.6. The Bertz CT molecular complexity index is 2910. The molecule has 6 aliphatic rings. The van der Waals surface area contributed by atoms with Crippen molar-refractivity contribution in [1.29, 1.82) is 0 Å². The first-order valence-corrected chi connectivity index (χ1v) is 22.5. The van der Waals surface area contributed by atoms with Gasteiger partial charge in [0.15, 0.2) is 0 Å². The summed E-state index contributed by atoms with van der Waals surface area (Å²) in [5.74, 6) is 1.96. The number of imidazole rings is 2. The van der Waals surface area contributed by atoms with E-state index in [1.165, 1.54) is 98.9 Å². The molecule has 0 spiro atoms. The lowest BCUT2D eigenvalue weighted by Gasteiger charge is -2.44. The average molecular weight is 977 g/mol. The monoisotopic (exact) mass is 975 g/mol. The molecule has 2 atom stereocenters. The van der Waals surface area contributed by atoms with Crippen LogP contribution in [0.1, 0.15) is 36.2 Å². The summed E-state index contributed by atoms with van der Waals surface area (Å²) >= 11 is 12.5. The van der Waals surface area contributed by atoms with Gasteiger partial charge in [-0.05, 0) is 106 Å². The van der Waals surface area contributed by atoms with E-state index in [4.69, 9.17) is 48.5 Å². The highest BCUT2D eigenvalue weighted by molar-refractivity contribution is 6.34. The third-order valence-electron chi connectivity index (χ3n) is 12.5. The number of hydrogen-bond acceptors (Lipinski definition) is 11. The van der Waals surface area contributed by atoms with Crippen molar-refractivity contribution in [3.05, 3.63) is 113 Å². The van der Waals surface area contributed by atoms with Crippen LogP contribution in [0, 0.1) is 23.5 Å². The Morgan fingerprint density at radius 1 is 0.821 bits per heavy atom. The first-order chi connectivity index (χ1) is 31.9. The molecule has 6 N–H and O–H groups in total. The lowest BCUT2D eigenvalue weighted by molar-refractivity contribution is -0.524. The van der Waals surface area contributed by atoms with E-state index >= 15 is 0 Å². The lowest BCUT2D eigenvalue weighted by Crippen LogP contribution is -3.00. The van der Waals surface area contributed by atoms with Crippen molar-refractivity contribution in [2.45, 2.75) is 37.8 Å². The fourth-order valence-corrected chi connectivity index (χ4v) is 9.80. The van der Waals surface area contributed by atoms with Crippen molar-refractivity contribution in [2.24, 2.45) is 23.3 Å². The Hall–Kier alpha value is -6.05. The second-order valence-corrected chi connectivity index (χ2v) is 17.9. The Kier molecular flexibility index (Phi) is 14.5. The number of anilines is 1. The number of nitrogens with two attached hydrogens (primary N) is 2. The van der Waals surface area contributed by atoms with E-state index < -0.39 is 11.6 Å². The van der Waals surface area contributed by atoms with Gasteiger partial charge in [0.1, 0.15) is 46.9 Å². The molecule has 2 aromatic carbocycles. The van der Waals surface area contributed by atoms with Gasteiger partial charge in [-0.3, -0.25) is 35.0 Å². The number of aromatic nitrogens is 6. The molecule has 0 saturated carbocycles. The van der Waals surface area contributed by atoms with Gasteiger partial charge in [0.05, 0.1) is 21.8 Å². The van der Waals surface area contributed by atoms with Crippen LogP contribution in [0.5, 0.6) is 0 Å². The number of benzene rings is 2. The molecule has 13 rings (SSSR count). The normalized spacial score (nSPS) is 21.6. The van der Waals surface area contributed by atoms with Crippen molar-refractivity contribution in [3.63, 3.8) is 0 Å². The third kappa shape index (κ3) is 10.4. The Morgan fingerprint density at radius 3 is 1.97 bits per heavy atom. The number of halogens is 5. The second-order valence-electron chi connectivity index (χ2n) is 17.1. The number of oxazole rings is 2. The molecule has 0 radical (unpaired) electrons. The molecular formula is C46H50Cl3F2N13O3. The van der Waals surface area contributed by atoms with E-state index in [9.17, 15) is 13.6 Å². The van der Waals surface area contributed by atoms with Crippen molar-refractivity contribution in [2.75, 3.05) is 58.7 Å². The SMILES string of the molecule is CN(C)C=CC(=O)c1c(-c2ccc(F)cc2Cl)nc2occn12.Fc1ccc(-c2nc3occn3c2-c2ccnc(N[C@H]3CN4CCC3CC4)n2)c(Cl)c1.NC(N)=[NH+][C@H]1CN2CCC1CC2.[Cl-]. The van der Waals surface area contributed by atoms with Gasteiger partial charge in [-0.25, -0.2) is 18.7 Å². The summed E-state index contributed by atoms with van der Waals surface area (Å²) in [5.41, 5.74) is 14.6. The van der Waals surface area contributed by atoms with E-state index in [1.54, 1.807) is 42.0 Å². The summed E-state index contributed by atoms with van der Waals surface area (Å²) in [6, 6.07) is 10.9. The first-order valence-electron chi connectivity index (χ1n) is 21.8. The number of nitrogens with one attached hydrogen (secondary N) is 2. The third-order valence-corrected chi connectivity index (χ3v) is 13.2. The van der Waals surface area contributed by atoms with Crippen molar-refractivity contribution < 1.29 is 39.8 Å². The second kappa shape index (κ2) is 20.4. The van der Waals surface area contributed by atoms with Crippen LogP contribution in [0.15, 0.2) is 94.7 Å². The van der Waals surface area contributed by atoms with Crippen LogP contribution in [-0.4, -0.2) is 121 Å². The predicted octanol–water partition coefficient (Wildman–Crippen LogP) is 2.43. The van der Waals surface area contributed by atoms with Crippen molar-refractivity contribution in [1.82, 2.24) is 43.4 Å². The zero-order valence-electron chi connectivity index (χ0n) is 36.8. The zero-order chi connectivity index (χ0) is 46.1. The highest BCUT2D eigenvalue weighted by Crippen LogP contribution is 2.37. The molecule has 16 nitrogen and oxygen atoms in total. The quantitative estimate of drug-likeness (QED) is 0.0715. The van der Waals surface area contributed by atoms with Crippen LogP contribution >= 0.6 is 23.2 Å². The van der Waals surface area contributed by atoms with Gasteiger partial charge in [-0.2, -0.15) is 9.97 Å². The topological polar surface area (TPSA) is 191 Å². The summed E-state index contributed by atoms with van der Waals surface area (Å²) in [6.45, 7) is 7.01. The van der Waals surface area contributed by atoms with Gasteiger partial charge in [-0.1, -0.05) is 23.2 Å². The van der Waals surface area contributed by atoms with Gasteiger partial charge in [0.25, 0.3) is 0 Å². The summed E-state index contributed by atoms with van der Waals surface area (Å²) in [7, 11) is 3.62. The largest absolute Gasteiger partial charge is 1.00 e. The summed E-state index contributed by atoms with van der Waals surface area (Å²) in [4.78, 5) is 40.6. The number of ketones is 1. The maximum Gasteiger partial charge on any atom is 0.339 e. The van der Waals surface area contributed by atoms with E-state index in [0.29, 0.717) is 69.7 Å². The molecule has 6 aliphatic heterocycles. The summed E-state index contributed by atoms with van der Waals surface area (Å²) in [6.07, 6.45) is 16.2. The molecular weight excluding hydrogens is 927 g/mol. The summed E-state index contributed by atoms with van der Waals surface area (Å²) in [5, 5.41) is 4.00. The van der Waals surface area contributed by atoms with Gasteiger partial charge in [0.2, 0.25) is 11.7 Å². The Morgan fingerprint density at radius 2 is 1.40 bits per heavy atom. The molecule has 4 bridgehead atoms. The number of fused-ring (bicyclic) bond motifs is 8. The van der Waals surface area contributed by atoms with Crippen molar-refractivity contribution >= 4 is 52.6 Å². The Labute approximate surface area is 401 Å². The van der Waals surface area contributed by atoms with E-state index in [-0.39, 0.29) is 34.1 Å². The van der Waals surface area contributed by atoms with Crippen LogP contribution in [0.2, 0.25) is 10.0 Å². The number of rotatable bonds is 9. The lowest BCUT2D eigenvalue weighted by atomic mass is 9.84. The molecule has 6 saturated heterocycles. The maximum absolute atomic E-state index is 13.6. The number of hydrogen-bond donors (Lipinski definition) is 4. The fourth-order valence-electron chi connectivity index (χ4n) is 9.28. The minimum absolute atomic E-state index is 0. The highest BCUT2D eigenvalue weighted by Gasteiger charge is 2.36. The van der Waals surface area contributed by atoms with Crippen LogP contribution < -0.4 is 34.2 Å². The van der Waals surface area contributed by atoms with E-state index in [1.807, 2.05) is 24.6 Å². The molecule has 0 amide bonds. The molecule has 11 heterocycles. The van der Waals surface area contributed by atoms with Crippen molar-refractivity contribution in [3.8, 4) is 33.9 Å². The number of guanidine groups is 1. The van der Waals surface area contributed by atoms with Gasteiger partial charge >= 0.3 is 17.6 Å². The standard InChI is InChI=1S/C22H20ClFN6O.C16H13ClFN3O2.C8H16N4.ClH/c23-16-11-14(24)1-2-15(16)19-20(30-9-10-31-22(30)28-19)17-3-6-25-21(26-17)27-18-12-29-7-4-13(18)5-8-29;1-20(2)6-5-13(22)15-14(19-16-21(15)7-8-23-16)11-4-3-10(18)9-12(11)17;9-8(10)11-7-5-12-3-1-6(7)2-4-12;/h1-3,6,9-11,13,18H,4-5,7-8,12H2,(H,25,26,27);3-9H,1-2H3;6-7H,1-5H2,(H4,9,10,11);1H/t18-;;7-;/m0.0./s1. The van der Waals surface area contributed by atoms with Crippen LogP contribution in [0.3, 0.4) is 0 Å². The van der Waals surface area contributed by atoms with E-state index in [2.05, 4.69) is 35.1 Å². The molecule has 6 fully saturated rings. The van der Waals surface area contributed by atoms with Gasteiger partial charge in [0, 0.05) is 75.2 Å². The average Bonchev–Trinajstić information content (AvgIpc) is 4.10. The smallest absolute Gasteiger partial charge is 0.339 e. The van der Waals surface area contributed by atoms with E-state index in [0.717, 1.165) is 24.7 Å². The minimum atomic E-state index is -0.456. The van der Waals surface area contributed by atoms with Gasteiger partial charge < -0.3 is 36.4 Å². The number of piperidine rings is 6. The first kappa shape index (κ1) is 47.4. The molecule has 5 aromatic heterocycles. The number of nitrogens with zero attached hydrogens (tertiary/aromatic N) is 9. The van der Waals surface area contributed by atoms with Gasteiger partial charge in [-0.15, -0.1) is 0 Å². The molecule has 21 heteroatoms. The zero-order valence-corrected chi connectivity index (χ0v) is 39.0. The fraction of sp³-hybridized carbons (Fsp3) is 0.348. The number of carbonyl (C=O) groups excluding carboxylic acids is 1. The molecule has 0 unspecified atom stereocenters. The van der Waals surface area contributed by atoms with Crippen LogP contribution in [0.25, 0.3) is 45.6 Å². The predicted molar refractivity (Wildman–Crippen MR) is 248 cm³/mol. The Balaban J connectivity index is 0.000000148.